The molecule has 0 fully saturated rings. The van der Waals surface area contributed by atoms with Gasteiger partial charge in [0.1, 0.15) is 11.5 Å². The number of unbranched alkanes of at least 4 members (excludes halogenated alkanes) is 5. The second-order valence-corrected chi connectivity index (χ2v) is 5.14. The molecule has 0 saturated heterocycles. The Morgan fingerprint density at radius 2 is 1.83 bits per heavy atom. The first-order chi connectivity index (χ1) is 8.69. The molecule has 0 aromatic carbocycles. The van der Waals surface area contributed by atoms with Crippen LogP contribution in [0.3, 0.4) is 0 Å². The molecular formula is C15H28N2O. The molecule has 1 unspecified atom stereocenters. The molecule has 3 nitrogen and oxygen atoms in total. The highest BCUT2D eigenvalue weighted by molar-refractivity contribution is 5.23. The zero-order valence-electron chi connectivity index (χ0n) is 12.1. The molecule has 0 aliphatic carbocycles. The Labute approximate surface area is 111 Å². The molecule has 0 bridgehead atoms. The Morgan fingerprint density at radius 3 is 2.39 bits per heavy atom. The monoisotopic (exact) mass is 252 g/mol. The maximum atomic E-state index is 5.65. The zero-order valence-corrected chi connectivity index (χ0v) is 12.1. The minimum absolute atomic E-state index is 0.230. The Balaban J connectivity index is 2.32. The number of hydrogen-bond acceptors (Lipinski definition) is 3. The third-order valence-electron chi connectivity index (χ3n) is 3.50. The maximum Gasteiger partial charge on any atom is 0.105 e. The van der Waals surface area contributed by atoms with Crippen molar-refractivity contribution in [2.24, 2.45) is 5.84 Å². The third kappa shape index (κ3) is 4.83. The highest BCUT2D eigenvalue weighted by Gasteiger charge is 2.15. The van der Waals surface area contributed by atoms with Crippen LogP contribution >= 0.6 is 0 Å². The second-order valence-electron chi connectivity index (χ2n) is 5.14. The summed E-state index contributed by atoms with van der Waals surface area (Å²) in [6, 6.07) is 2.32. The van der Waals surface area contributed by atoms with Gasteiger partial charge in [0.2, 0.25) is 0 Å². The van der Waals surface area contributed by atoms with E-state index < -0.39 is 0 Å². The van der Waals surface area contributed by atoms with Gasteiger partial charge in [0, 0.05) is 11.6 Å². The largest absolute Gasteiger partial charge is 0.466 e. The molecule has 1 aromatic heterocycles. The van der Waals surface area contributed by atoms with E-state index in [-0.39, 0.29) is 6.04 Å². The van der Waals surface area contributed by atoms with Gasteiger partial charge in [-0.3, -0.25) is 11.3 Å². The van der Waals surface area contributed by atoms with Gasteiger partial charge in [-0.15, -0.1) is 0 Å². The van der Waals surface area contributed by atoms with Crippen LogP contribution in [0, 0.1) is 13.8 Å². The molecule has 0 aliphatic rings. The molecule has 0 amide bonds. The average Bonchev–Trinajstić information content (AvgIpc) is 2.68. The molecule has 104 valence electrons. The van der Waals surface area contributed by atoms with Gasteiger partial charge in [0.05, 0.1) is 0 Å². The molecular weight excluding hydrogens is 224 g/mol. The molecule has 1 heterocycles. The normalized spacial score (nSPS) is 12.9. The standard InChI is InChI=1S/C15H28N2O/c1-4-5-6-7-8-9-10-15(17-16)14-11-12(2)18-13(14)3/h11,15,17H,4-10,16H2,1-3H3. The highest BCUT2D eigenvalue weighted by atomic mass is 16.3. The number of nitrogens with two attached hydrogens (primary N) is 1. The van der Waals surface area contributed by atoms with Crippen LogP contribution in [-0.2, 0) is 0 Å². The first-order valence-electron chi connectivity index (χ1n) is 7.22. The van der Waals surface area contributed by atoms with Gasteiger partial charge in [0.15, 0.2) is 0 Å². The van der Waals surface area contributed by atoms with Crippen LogP contribution in [0.25, 0.3) is 0 Å². The fraction of sp³-hybridized carbons (Fsp3) is 0.733. The smallest absolute Gasteiger partial charge is 0.105 e. The van der Waals surface area contributed by atoms with Crippen molar-refractivity contribution in [1.82, 2.24) is 5.43 Å². The first kappa shape index (κ1) is 15.3. The third-order valence-corrected chi connectivity index (χ3v) is 3.50. The van der Waals surface area contributed by atoms with Gasteiger partial charge in [-0.25, -0.2) is 0 Å². The lowest BCUT2D eigenvalue weighted by atomic mass is 10.0. The van der Waals surface area contributed by atoms with Crippen molar-refractivity contribution in [2.75, 3.05) is 0 Å². The summed E-state index contributed by atoms with van der Waals surface area (Å²) in [4.78, 5) is 0. The molecule has 1 atom stereocenters. The van der Waals surface area contributed by atoms with Crippen LogP contribution in [0.4, 0.5) is 0 Å². The lowest BCUT2D eigenvalue weighted by Gasteiger charge is -2.14. The Morgan fingerprint density at radius 1 is 1.17 bits per heavy atom. The summed E-state index contributed by atoms with van der Waals surface area (Å²) in [6.45, 7) is 6.24. The van der Waals surface area contributed by atoms with E-state index in [1.54, 1.807) is 0 Å². The van der Waals surface area contributed by atoms with Crippen LogP contribution in [0.5, 0.6) is 0 Å². The van der Waals surface area contributed by atoms with Crippen LogP contribution in [0.1, 0.15) is 75.0 Å². The molecule has 3 heteroatoms. The predicted octanol–water partition coefficient (Wildman–Crippen LogP) is 4.15. The Bertz CT molecular complexity index is 333. The summed E-state index contributed by atoms with van der Waals surface area (Å²) in [5.74, 6) is 7.60. The lowest BCUT2D eigenvalue weighted by molar-refractivity contribution is 0.456. The first-order valence-corrected chi connectivity index (χ1v) is 7.22. The molecule has 1 aromatic rings. The number of rotatable bonds is 9. The van der Waals surface area contributed by atoms with Gasteiger partial charge in [-0.2, -0.15) is 0 Å². The zero-order chi connectivity index (χ0) is 13.4. The average molecular weight is 252 g/mol. The molecule has 0 spiro atoms. The van der Waals surface area contributed by atoms with E-state index in [4.69, 9.17) is 10.3 Å². The summed E-state index contributed by atoms with van der Waals surface area (Å²) in [5.41, 5.74) is 4.13. The van der Waals surface area contributed by atoms with Crippen molar-refractivity contribution >= 4 is 0 Å². The van der Waals surface area contributed by atoms with Crippen LogP contribution in [-0.4, -0.2) is 0 Å². The summed E-state index contributed by atoms with van der Waals surface area (Å²) in [5, 5.41) is 0. The lowest BCUT2D eigenvalue weighted by Crippen LogP contribution is -2.28. The van der Waals surface area contributed by atoms with Gasteiger partial charge >= 0.3 is 0 Å². The minimum Gasteiger partial charge on any atom is -0.466 e. The number of aryl methyl sites for hydroxylation is 2. The van der Waals surface area contributed by atoms with E-state index >= 15 is 0 Å². The number of hydrogen-bond donors (Lipinski definition) is 2. The van der Waals surface area contributed by atoms with Gasteiger partial charge in [0.25, 0.3) is 0 Å². The van der Waals surface area contributed by atoms with E-state index in [2.05, 4.69) is 18.4 Å². The van der Waals surface area contributed by atoms with Gasteiger partial charge in [-0.1, -0.05) is 45.4 Å². The SMILES string of the molecule is CCCCCCCCC(NN)c1cc(C)oc1C. The van der Waals surface area contributed by atoms with E-state index in [1.165, 1.54) is 44.1 Å². The number of nitrogens with one attached hydrogen (secondary N) is 1. The van der Waals surface area contributed by atoms with E-state index in [9.17, 15) is 0 Å². The van der Waals surface area contributed by atoms with Gasteiger partial charge in [-0.05, 0) is 26.3 Å². The molecule has 1 rings (SSSR count). The van der Waals surface area contributed by atoms with Gasteiger partial charge < -0.3 is 4.42 Å². The molecule has 0 radical (unpaired) electrons. The van der Waals surface area contributed by atoms with Crippen molar-refractivity contribution in [3.05, 3.63) is 23.2 Å². The summed E-state index contributed by atoms with van der Waals surface area (Å²) < 4.78 is 5.56. The molecule has 0 saturated carbocycles. The minimum atomic E-state index is 0.230. The maximum absolute atomic E-state index is 5.65. The summed E-state index contributed by atoms with van der Waals surface area (Å²) >= 11 is 0. The van der Waals surface area contributed by atoms with E-state index in [1.807, 2.05) is 13.8 Å². The predicted molar refractivity (Wildman–Crippen MR) is 76.2 cm³/mol. The fourth-order valence-electron chi connectivity index (χ4n) is 2.45. The van der Waals surface area contributed by atoms with Crippen LogP contribution in [0.15, 0.2) is 10.5 Å². The summed E-state index contributed by atoms with van der Waals surface area (Å²) in [6.07, 6.45) is 8.98. The van der Waals surface area contributed by atoms with Crippen molar-refractivity contribution in [2.45, 2.75) is 71.8 Å². The molecule has 0 aliphatic heterocycles. The van der Waals surface area contributed by atoms with Crippen LogP contribution in [0.2, 0.25) is 0 Å². The van der Waals surface area contributed by atoms with Crippen molar-refractivity contribution in [3.63, 3.8) is 0 Å². The summed E-state index contributed by atoms with van der Waals surface area (Å²) in [7, 11) is 0. The van der Waals surface area contributed by atoms with Crippen molar-refractivity contribution in [1.29, 1.82) is 0 Å². The topological polar surface area (TPSA) is 51.2 Å². The van der Waals surface area contributed by atoms with Crippen molar-refractivity contribution in [3.8, 4) is 0 Å². The highest BCUT2D eigenvalue weighted by Crippen LogP contribution is 2.25. The van der Waals surface area contributed by atoms with E-state index in [0.717, 1.165) is 17.9 Å². The van der Waals surface area contributed by atoms with Crippen LogP contribution < -0.4 is 11.3 Å². The van der Waals surface area contributed by atoms with E-state index in [0.29, 0.717) is 0 Å². The number of furan rings is 1. The fourth-order valence-corrected chi connectivity index (χ4v) is 2.45. The quantitative estimate of drug-likeness (QED) is 0.394. The molecule has 18 heavy (non-hydrogen) atoms. The second kappa shape index (κ2) is 8.33. The van der Waals surface area contributed by atoms with Crippen molar-refractivity contribution < 1.29 is 4.42 Å². The Hall–Kier alpha value is -0.800. The number of hydrazine groups is 1. The molecule has 3 N–H and O–H groups in total. The Kier molecular flexibility index (Phi) is 7.06.